The van der Waals surface area contributed by atoms with Gasteiger partial charge in [0.25, 0.3) is 5.56 Å². The molecule has 0 aliphatic heterocycles. The molecule has 0 saturated carbocycles. The molecule has 0 radical (unpaired) electrons. The third-order valence-electron chi connectivity index (χ3n) is 4.06. The van der Waals surface area contributed by atoms with E-state index in [1.54, 1.807) is 49.6 Å². The highest BCUT2D eigenvalue weighted by Crippen LogP contribution is 2.21. The molecule has 0 bridgehead atoms. The number of carbonyl (C=O) groups is 1. The Morgan fingerprint density at radius 3 is 2.90 bits per heavy atom. The largest absolute Gasteiger partial charge is 0.383 e. The number of aromatic nitrogens is 2. The van der Waals surface area contributed by atoms with Crippen molar-refractivity contribution in [3.63, 3.8) is 0 Å². The number of hydrogen-bond donors (Lipinski definition) is 1. The molecule has 0 fully saturated rings. The van der Waals surface area contributed by atoms with Crippen molar-refractivity contribution in [3.8, 4) is 6.07 Å². The summed E-state index contributed by atoms with van der Waals surface area (Å²) in [5.41, 5.74) is 1.06. The lowest BCUT2D eigenvalue weighted by atomic mass is 10.2. The summed E-state index contributed by atoms with van der Waals surface area (Å²) < 4.78 is 6.58. The summed E-state index contributed by atoms with van der Waals surface area (Å²) in [4.78, 5) is 29.8. The smallest absolute Gasteiger partial charge is 0.262 e. The van der Waals surface area contributed by atoms with E-state index in [2.05, 4.69) is 10.3 Å². The zero-order chi connectivity index (χ0) is 20.8. The van der Waals surface area contributed by atoms with Gasteiger partial charge in [-0.1, -0.05) is 35.5 Å². The molecule has 0 atom stereocenters. The molecule has 0 unspecified atom stereocenters. The lowest BCUT2D eigenvalue weighted by Gasteiger charge is -2.13. The number of amides is 1. The molecule has 7 nitrogen and oxygen atoms in total. The SMILES string of the molecule is COCCn1c(SCC(=O)Nc2ccccc2C#N)nc2cc(Cl)ccc2c1=O. The highest BCUT2D eigenvalue weighted by molar-refractivity contribution is 7.99. The van der Waals surface area contributed by atoms with Crippen molar-refractivity contribution in [1.29, 1.82) is 5.26 Å². The van der Waals surface area contributed by atoms with Gasteiger partial charge >= 0.3 is 0 Å². The van der Waals surface area contributed by atoms with Crippen LogP contribution in [0, 0.1) is 11.3 Å². The Bertz CT molecular complexity index is 1160. The minimum atomic E-state index is -0.309. The van der Waals surface area contributed by atoms with Crippen LogP contribution in [0.1, 0.15) is 5.56 Å². The van der Waals surface area contributed by atoms with Gasteiger partial charge in [0.2, 0.25) is 5.91 Å². The predicted molar refractivity (Wildman–Crippen MR) is 113 cm³/mol. The first-order chi connectivity index (χ1) is 14.0. The van der Waals surface area contributed by atoms with Crippen LogP contribution >= 0.6 is 23.4 Å². The summed E-state index contributed by atoms with van der Waals surface area (Å²) in [5.74, 6) is -0.290. The second-order valence-corrected chi connectivity index (χ2v) is 7.38. The molecule has 3 aromatic rings. The third kappa shape index (κ3) is 4.95. The molecule has 9 heteroatoms. The van der Waals surface area contributed by atoms with E-state index in [0.29, 0.717) is 45.5 Å². The third-order valence-corrected chi connectivity index (χ3v) is 5.27. The summed E-state index contributed by atoms with van der Waals surface area (Å²) in [6.07, 6.45) is 0. The molecule has 0 aliphatic rings. The van der Waals surface area contributed by atoms with Gasteiger partial charge in [-0.15, -0.1) is 0 Å². The van der Waals surface area contributed by atoms with Crippen LogP contribution in [0.4, 0.5) is 5.69 Å². The lowest BCUT2D eigenvalue weighted by Crippen LogP contribution is -2.26. The Kier molecular flexibility index (Phi) is 6.88. The highest BCUT2D eigenvalue weighted by Gasteiger charge is 2.14. The number of nitriles is 1. The molecule has 1 amide bonds. The Morgan fingerprint density at radius 1 is 1.34 bits per heavy atom. The van der Waals surface area contributed by atoms with E-state index >= 15 is 0 Å². The number of halogens is 1. The molecule has 148 valence electrons. The molecule has 1 aromatic heterocycles. The zero-order valence-corrected chi connectivity index (χ0v) is 17.1. The molecular formula is C20H17ClN4O3S. The number of rotatable bonds is 7. The summed E-state index contributed by atoms with van der Waals surface area (Å²) in [6, 6.07) is 13.7. The van der Waals surface area contributed by atoms with Crippen LogP contribution in [-0.4, -0.2) is 34.9 Å². The van der Waals surface area contributed by atoms with Crippen LogP contribution in [0.5, 0.6) is 0 Å². The van der Waals surface area contributed by atoms with Gasteiger partial charge in [0, 0.05) is 12.1 Å². The van der Waals surface area contributed by atoms with Crippen molar-refractivity contribution < 1.29 is 9.53 Å². The topological polar surface area (TPSA) is 97.0 Å². The number of carbonyl (C=O) groups excluding carboxylic acids is 1. The van der Waals surface area contributed by atoms with Crippen LogP contribution in [0.2, 0.25) is 5.02 Å². The maximum absolute atomic E-state index is 12.9. The Morgan fingerprint density at radius 2 is 2.14 bits per heavy atom. The van der Waals surface area contributed by atoms with Crippen LogP contribution < -0.4 is 10.9 Å². The molecule has 0 spiro atoms. The highest BCUT2D eigenvalue weighted by atomic mass is 35.5. The van der Waals surface area contributed by atoms with Gasteiger partial charge in [-0.3, -0.25) is 14.2 Å². The van der Waals surface area contributed by atoms with Gasteiger partial charge in [-0.25, -0.2) is 4.98 Å². The van der Waals surface area contributed by atoms with Crippen molar-refractivity contribution in [1.82, 2.24) is 9.55 Å². The first-order valence-corrected chi connectivity index (χ1v) is 10.0. The lowest BCUT2D eigenvalue weighted by molar-refractivity contribution is -0.113. The number of anilines is 1. The molecule has 1 N–H and O–H groups in total. The molecule has 0 aliphatic carbocycles. The molecule has 0 saturated heterocycles. The zero-order valence-electron chi connectivity index (χ0n) is 15.5. The fourth-order valence-electron chi connectivity index (χ4n) is 2.67. The first kappa shape index (κ1) is 20.9. The average Bonchev–Trinajstić information content (AvgIpc) is 2.72. The minimum Gasteiger partial charge on any atom is -0.383 e. The summed E-state index contributed by atoms with van der Waals surface area (Å²) in [6.45, 7) is 0.637. The van der Waals surface area contributed by atoms with E-state index in [9.17, 15) is 9.59 Å². The van der Waals surface area contributed by atoms with E-state index in [-0.39, 0.29) is 17.2 Å². The van der Waals surface area contributed by atoms with Gasteiger partial charge < -0.3 is 10.1 Å². The number of nitrogens with one attached hydrogen (secondary N) is 1. The van der Waals surface area contributed by atoms with Gasteiger partial charge in [0.1, 0.15) is 6.07 Å². The average molecular weight is 429 g/mol. The predicted octanol–water partition coefficient (Wildman–Crippen LogP) is 3.30. The van der Waals surface area contributed by atoms with Crippen molar-refractivity contribution in [3.05, 3.63) is 63.4 Å². The maximum Gasteiger partial charge on any atom is 0.262 e. The van der Waals surface area contributed by atoms with Gasteiger partial charge in [0.15, 0.2) is 5.16 Å². The Hall–Kier alpha value is -2.86. The molecule has 29 heavy (non-hydrogen) atoms. The van der Waals surface area contributed by atoms with Gasteiger partial charge in [0.05, 0.1) is 41.1 Å². The van der Waals surface area contributed by atoms with Crippen molar-refractivity contribution in [2.45, 2.75) is 11.7 Å². The standard InChI is InChI=1S/C20H17ClN4O3S/c1-28-9-8-25-19(27)15-7-6-14(21)10-17(15)24-20(25)29-12-18(26)23-16-5-3-2-4-13(16)11-22/h2-7,10H,8-9,12H2,1H3,(H,23,26). The number of methoxy groups -OCH3 is 1. The maximum atomic E-state index is 12.9. The minimum absolute atomic E-state index is 0.0191. The quantitative estimate of drug-likeness (QED) is 0.458. The van der Waals surface area contributed by atoms with Gasteiger partial charge in [-0.05, 0) is 30.3 Å². The number of nitrogens with zero attached hydrogens (tertiary/aromatic N) is 3. The van der Waals surface area contributed by atoms with Gasteiger partial charge in [-0.2, -0.15) is 5.26 Å². The monoisotopic (exact) mass is 428 g/mol. The number of para-hydroxylation sites is 1. The normalized spacial score (nSPS) is 10.7. The first-order valence-electron chi connectivity index (χ1n) is 8.64. The van der Waals surface area contributed by atoms with Crippen molar-refractivity contribution in [2.24, 2.45) is 0 Å². The number of thioether (sulfide) groups is 1. The molecular weight excluding hydrogens is 412 g/mol. The van der Waals surface area contributed by atoms with E-state index in [1.165, 1.54) is 4.57 Å². The van der Waals surface area contributed by atoms with Crippen LogP contribution in [0.25, 0.3) is 10.9 Å². The second kappa shape index (κ2) is 9.56. The number of ether oxygens (including phenoxy) is 1. The van der Waals surface area contributed by atoms with Crippen LogP contribution in [0.3, 0.4) is 0 Å². The van der Waals surface area contributed by atoms with E-state index in [1.807, 2.05) is 6.07 Å². The fourth-order valence-corrected chi connectivity index (χ4v) is 3.66. The molecule has 1 heterocycles. The summed E-state index contributed by atoms with van der Waals surface area (Å²) >= 11 is 7.16. The van der Waals surface area contributed by atoms with E-state index < -0.39 is 0 Å². The molecule has 2 aromatic carbocycles. The summed E-state index contributed by atoms with van der Waals surface area (Å²) in [7, 11) is 1.55. The molecule has 3 rings (SSSR count). The van der Waals surface area contributed by atoms with E-state index in [4.69, 9.17) is 21.6 Å². The number of hydrogen-bond acceptors (Lipinski definition) is 6. The van der Waals surface area contributed by atoms with Crippen molar-refractivity contribution >= 4 is 45.9 Å². The fraction of sp³-hybridized carbons (Fsp3) is 0.200. The summed E-state index contributed by atoms with van der Waals surface area (Å²) in [5, 5.41) is 13.2. The second-order valence-electron chi connectivity index (χ2n) is 6.00. The van der Waals surface area contributed by atoms with Crippen molar-refractivity contribution in [2.75, 3.05) is 24.8 Å². The Balaban J connectivity index is 1.85. The number of fused-ring (bicyclic) bond motifs is 1. The van der Waals surface area contributed by atoms with E-state index in [0.717, 1.165) is 11.8 Å². The van der Waals surface area contributed by atoms with Crippen LogP contribution in [-0.2, 0) is 16.1 Å². The number of benzene rings is 2. The Labute approximate surface area is 176 Å². The van der Waals surface area contributed by atoms with Crippen LogP contribution in [0.15, 0.2) is 52.4 Å².